The lowest BCUT2D eigenvalue weighted by Crippen LogP contribution is -2.09. The largest absolute Gasteiger partial charge is 0.339 e. The minimum Gasteiger partial charge on any atom is -0.339 e. The number of aromatic nitrogens is 2. The first kappa shape index (κ1) is 13.2. The molecule has 2 heterocycles. The van der Waals surface area contributed by atoms with E-state index in [0.29, 0.717) is 11.7 Å². The van der Waals surface area contributed by atoms with Gasteiger partial charge < -0.3 is 10.3 Å². The lowest BCUT2D eigenvalue weighted by molar-refractivity contribution is 0.354. The first-order chi connectivity index (χ1) is 8.83. The summed E-state index contributed by atoms with van der Waals surface area (Å²) in [6, 6.07) is 2.00. The van der Waals surface area contributed by atoms with Crippen LogP contribution < -0.4 is 5.73 Å². The highest BCUT2D eigenvalue weighted by Gasteiger charge is 2.11. The Morgan fingerprint density at radius 2 is 2.33 bits per heavy atom. The van der Waals surface area contributed by atoms with Crippen LogP contribution in [0.4, 0.5) is 0 Å². The van der Waals surface area contributed by atoms with Crippen LogP contribution in [0.5, 0.6) is 0 Å². The lowest BCUT2D eigenvalue weighted by Gasteiger charge is -2.11. The number of rotatable bonds is 7. The Hall–Kier alpha value is -1.20. The molecule has 2 rings (SSSR count). The van der Waals surface area contributed by atoms with Crippen LogP contribution in [0.1, 0.15) is 32.1 Å². The van der Waals surface area contributed by atoms with Crippen LogP contribution in [0.15, 0.2) is 21.3 Å². The highest BCUT2D eigenvalue weighted by Crippen LogP contribution is 2.20. The van der Waals surface area contributed by atoms with Crippen LogP contribution >= 0.6 is 11.3 Å². The molecule has 0 fully saturated rings. The van der Waals surface area contributed by atoms with Crippen molar-refractivity contribution in [3.05, 3.63) is 22.7 Å². The van der Waals surface area contributed by atoms with E-state index in [4.69, 9.17) is 10.3 Å². The summed E-state index contributed by atoms with van der Waals surface area (Å²) in [5, 5.41) is 8.04. The second-order valence-electron chi connectivity index (χ2n) is 4.41. The topological polar surface area (TPSA) is 64.9 Å². The van der Waals surface area contributed by atoms with Gasteiger partial charge in [0.2, 0.25) is 11.7 Å². The lowest BCUT2D eigenvalue weighted by atomic mass is 9.97. The van der Waals surface area contributed by atoms with Crippen LogP contribution in [0, 0.1) is 5.92 Å². The molecule has 0 aliphatic rings. The van der Waals surface area contributed by atoms with Crippen LogP contribution in [0.3, 0.4) is 0 Å². The van der Waals surface area contributed by atoms with Gasteiger partial charge in [-0.25, -0.2) is 0 Å². The summed E-state index contributed by atoms with van der Waals surface area (Å²) in [4.78, 5) is 4.42. The van der Waals surface area contributed by atoms with Crippen LogP contribution in [-0.4, -0.2) is 16.7 Å². The maximum atomic E-state index is 5.59. The Balaban J connectivity index is 1.91. The summed E-state index contributed by atoms with van der Waals surface area (Å²) in [5.74, 6) is 2.08. The zero-order valence-electron chi connectivity index (χ0n) is 10.6. The van der Waals surface area contributed by atoms with Gasteiger partial charge in [0, 0.05) is 17.4 Å². The summed E-state index contributed by atoms with van der Waals surface area (Å²) < 4.78 is 5.27. The van der Waals surface area contributed by atoms with E-state index in [1.54, 1.807) is 11.3 Å². The van der Waals surface area contributed by atoms with Gasteiger partial charge in [-0.2, -0.15) is 16.3 Å². The van der Waals surface area contributed by atoms with E-state index in [-0.39, 0.29) is 0 Å². The molecule has 2 N–H and O–H groups in total. The molecule has 18 heavy (non-hydrogen) atoms. The highest BCUT2D eigenvalue weighted by molar-refractivity contribution is 7.08. The third kappa shape index (κ3) is 3.40. The minimum absolute atomic E-state index is 0.659. The SMILES string of the molecule is CCC(CCN)CCc1nc(-c2ccsc2)no1. The van der Waals surface area contributed by atoms with E-state index < -0.39 is 0 Å². The molecule has 0 saturated carbocycles. The molecule has 2 aromatic heterocycles. The van der Waals surface area contributed by atoms with Crippen molar-refractivity contribution in [1.29, 1.82) is 0 Å². The van der Waals surface area contributed by atoms with E-state index in [0.717, 1.165) is 43.7 Å². The monoisotopic (exact) mass is 265 g/mol. The van der Waals surface area contributed by atoms with Gasteiger partial charge in [-0.1, -0.05) is 18.5 Å². The van der Waals surface area contributed by atoms with E-state index in [1.807, 2.05) is 16.8 Å². The maximum absolute atomic E-state index is 5.59. The Bertz CT molecular complexity index is 453. The summed E-state index contributed by atoms with van der Waals surface area (Å²) >= 11 is 1.64. The fraction of sp³-hybridized carbons (Fsp3) is 0.538. The van der Waals surface area contributed by atoms with Crippen molar-refractivity contribution < 1.29 is 4.52 Å². The van der Waals surface area contributed by atoms with Crippen molar-refractivity contribution in [2.45, 2.75) is 32.6 Å². The van der Waals surface area contributed by atoms with Crippen molar-refractivity contribution in [1.82, 2.24) is 10.1 Å². The minimum atomic E-state index is 0.659. The van der Waals surface area contributed by atoms with Crippen molar-refractivity contribution in [3.8, 4) is 11.4 Å². The van der Waals surface area contributed by atoms with Gasteiger partial charge in [0.1, 0.15) is 0 Å². The van der Waals surface area contributed by atoms with Gasteiger partial charge in [-0.15, -0.1) is 0 Å². The second-order valence-corrected chi connectivity index (χ2v) is 5.19. The number of nitrogens with zero attached hydrogens (tertiary/aromatic N) is 2. The average Bonchev–Trinajstić information content (AvgIpc) is 3.04. The smallest absolute Gasteiger partial charge is 0.226 e. The van der Waals surface area contributed by atoms with Gasteiger partial charge >= 0.3 is 0 Å². The van der Waals surface area contributed by atoms with Crippen LogP contribution in [0.25, 0.3) is 11.4 Å². The number of hydrogen-bond acceptors (Lipinski definition) is 5. The van der Waals surface area contributed by atoms with Crippen LogP contribution in [-0.2, 0) is 6.42 Å². The Morgan fingerprint density at radius 1 is 1.44 bits per heavy atom. The molecular weight excluding hydrogens is 246 g/mol. The van der Waals surface area contributed by atoms with E-state index in [2.05, 4.69) is 17.1 Å². The van der Waals surface area contributed by atoms with Crippen molar-refractivity contribution >= 4 is 11.3 Å². The van der Waals surface area contributed by atoms with E-state index >= 15 is 0 Å². The number of nitrogens with two attached hydrogens (primary N) is 1. The van der Waals surface area contributed by atoms with Crippen molar-refractivity contribution in [2.75, 3.05) is 6.54 Å². The van der Waals surface area contributed by atoms with E-state index in [9.17, 15) is 0 Å². The zero-order valence-corrected chi connectivity index (χ0v) is 11.4. The molecule has 0 aliphatic carbocycles. The van der Waals surface area contributed by atoms with Crippen LogP contribution in [0.2, 0.25) is 0 Å². The molecular formula is C13H19N3OS. The van der Waals surface area contributed by atoms with Gasteiger partial charge in [0.05, 0.1) is 0 Å². The summed E-state index contributed by atoms with van der Waals surface area (Å²) in [5.41, 5.74) is 6.62. The van der Waals surface area contributed by atoms with E-state index in [1.165, 1.54) is 0 Å². The average molecular weight is 265 g/mol. The summed E-state index contributed by atoms with van der Waals surface area (Å²) in [6.07, 6.45) is 4.14. The number of thiophene rings is 1. The molecule has 0 bridgehead atoms. The highest BCUT2D eigenvalue weighted by atomic mass is 32.1. The molecule has 0 radical (unpaired) electrons. The van der Waals surface area contributed by atoms with Crippen molar-refractivity contribution in [2.24, 2.45) is 11.7 Å². The summed E-state index contributed by atoms with van der Waals surface area (Å²) in [6.45, 7) is 2.95. The fourth-order valence-electron chi connectivity index (χ4n) is 1.98. The standard InChI is InChI=1S/C13H19N3OS/c1-2-10(5-7-14)3-4-12-15-13(16-17-12)11-6-8-18-9-11/h6,8-10H,2-5,7,14H2,1H3. The molecule has 5 heteroatoms. The van der Waals surface area contributed by atoms with Gasteiger partial charge in [0.25, 0.3) is 0 Å². The maximum Gasteiger partial charge on any atom is 0.226 e. The predicted molar refractivity (Wildman–Crippen MR) is 73.4 cm³/mol. The van der Waals surface area contributed by atoms with Gasteiger partial charge in [-0.05, 0) is 36.8 Å². The molecule has 0 saturated heterocycles. The number of hydrogen-bond donors (Lipinski definition) is 1. The Kier molecular flexibility index (Phi) is 4.90. The first-order valence-corrected chi connectivity index (χ1v) is 7.33. The zero-order chi connectivity index (χ0) is 12.8. The molecule has 1 unspecified atom stereocenters. The quantitative estimate of drug-likeness (QED) is 0.835. The molecule has 4 nitrogen and oxygen atoms in total. The van der Waals surface area contributed by atoms with Crippen molar-refractivity contribution in [3.63, 3.8) is 0 Å². The molecule has 0 aromatic carbocycles. The molecule has 0 aliphatic heterocycles. The normalized spacial score (nSPS) is 12.8. The van der Waals surface area contributed by atoms with Gasteiger partial charge in [-0.3, -0.25) is 0 Å². The first-order valence-electron chi connectivity index (χ1n) is 6.38. The third-order valence-corrected chi connectivity index (χ3v) is 3.85. The number of aryl methyl sites for hydroxylation is 1. The predicted octanol–water partition coefficient (Wildman–Crippen LogP) is 3.11. The fourth-order valence-corrected chi connectivity index (χ4v) is 2.62. The summed E-state index contributed by atoms with van der Waals surface area (Å²) in [7, 11) is 0. The second kappa shape index (κ2) is 6.66. The Labute approximate surface area is 111 Å². The molecule has 0 amide bonds. The molecule has 2 aromatic rings. The molecule has 0 spiro atoms. The third-order valence-electron chi connectivity index (χ3n) is 3.17. The molecule has 98 valence electrons. The van der Waals surface area contributed by atoms with Gasteiger partial charge in [0.15, 0.2) is 0 Å². The molecule has 1 atom stereocenters. The Morgan fingerprint density at radius 3 is 3.00 bits per heavy atom.